The number of amides is 1. The Morgan fingerprint density at radius 1 is 1.23 bits per heavy atom. The number of halogens is 1. The molecule has 0 bridgehead atoms. The van der Waals surface area contributed by atoms with E-state index in [0.717, 1.165) is 15.7 Å². The molecule has 1 amide bonds. The summed E-state index contributed by atoms with van der Waals surface area (Å²) >= 11 is 3.49. The third-order valence-corrected chi connectivity index (χ3v) is 6.76. The SMILES string of the molecule is CC(C)(C)C(=O)[C@@H]1[C@H](c2ccncc2)[C@@](C#N)(C(N)=O)[C@H]2C=Cc3cc(Br)ccc3N12. The summed E-state index contributed by atoms with van der Waals surface area (Å²) in [6.45, 7) is 5.56. The number of rotatable bonds is 3. The minimum atomic E-state index is -1.62. The van der Waals surface area contributed by atoms with Crippen LogP contribution in [0.2, 0.25) is 0 Å². The number of benzene rings is 1. The van der Waals surface area contributed by atoms with Gasteiger partial charge < -0.3 is 10.6 Å². The maximum Gasteiger partial charge on any atom is 0.241 e. The molecular weight excluding hydrogens is 456 g/mol. The molecule has 0 spiro atoms. The van der Waals surface area contributed by atoms with Crippen molar-refractivity contribution in [2.24, 2.45) is 16.6 Å². The number of carbonyl (C=O) groups excluding carboxylic acids is 2. The van der Waals surface area contributed by atoms with Crippen LogP contribution in [-0.2, 0) is 9.59 Å². The fourth-order valence-corrected chi connectivity index (χ4v) is 5.22. The largest absolute Gasteiger partial charge is 0.368 e. The predicted octanol–water partition coefficient (Wildman–Crippen LogP) is 3.82. The number of ketones is 1. The molecular formula is C24H23BrN4O2. The second kappa shape index (κ2) is 7.31. The average molecular weight is 479 g/mol. The minimum absolute atomic E-state index is 0.0538. The van der Waals surface area contributed by atoms with Gasteiger partial charge >= 0.3 is 0 Å². The highest BCUT2D eigenvalue weighted by molar-refractivity contribution is 9.10. The zero-order valence-electron chi connectivity index (χ0n) is 17.5. The molecule has 2 aromatic rings. The van der Waals surface area contributed by atoms with Gasteiger partial charge in [0.2, 0.25) is 5.91 Å². The quantitative estimate of drug-likeness (QED) is 0.722. The van der Waals surface area contributed by atoms with Crippen LogP contribution in [0.25, 0.3) is 6.08 Å². The van der Waals surface area contributed by atoms with Gasteiger partial charge in [-0.1, -0.05) is 48.9 Å². The summed E-state index contributed by atoms with van der Waals surface area (Å²) in [5.41, 5.74) is 6.03. The fraction of sp³-hybridized carbons (Fsp3) is 0.333. The molecule has 2 aliphatic heterocycles. The van der Waals surface area contributed by atoms with Crippen molar-refractivity contribution in [3.63, 3.8) is 0 Å². The van der Waals surface area contributed by atoms with Crippen LogP contribution in [0.15, 0.2) is 53.3 Å². The number of hydrogen-bond donors (Lipinski definition) is 1. The Hall–Kier alpha value is -2.98. The summed E-state index contributed by atoms with van der Waals surface area (Å²) in [6, 6.07) is 10.1. The molecule has 6 nitrogen and oxygen atoms in total. The van der Waals surface area contributed by atoms with E-state index in [-0.39, 0.29) is 5.78 Å². The Labute approximate surface area is 189 Å². The lowest BCUT2D eigenvalue weighted by molar-refractivity contribution is -0.128. The normalized spacial score (nSPS) is 26.7. The van der Waals surface area contributed by atoms with E-state index in [2.05, 4.69) is 27.0 Å². The third-order valence-electron chi connectivity index (χ3n) is 6.26. The van der Waals surface area contributed by atoms with Gasteiger partial charge in [0, 0.05) is 33.9 Å². The highest BCUT2D eigenvalue weighted by atomic mass is 79.9. The van der Waals surface area contributed by atoms with Crippen LogP contribution >= 0.6 is 15.9 Å². The van der Waals surface area contributed by atoms with Gasteiger partial charge in [-0.2, -0.15) is 5.26 Å². The van der Waals surface area contributed by atoms with Gasteiger partial charge in [-0.3, -0.25) is 14.6 Å². The zero-order chi connectivity index (χ0) is 22.6. The van der Waals surface area contributed by atoms with Gasteiger partial charge in [0.25, 0.3) is 0 Å². The topological polar surface area (TPSA) is 100 Å². The number of anilines is 1. The standard InChI is InChI=1S/C24H23BrN4O2/c1-23(2,3)21(30)20-19(14-8-10-28-11-9-14)24(13-26,22(27)31)18-7-4-15-12-16(25)5-6-17(15)29(18)20/h4-12,18-20H,1-3H3,(H2,27,31)/t18-,19+,20+,24+/m1/s1. The molecule has 3 heterocycles. The Morgan fingerprint density at radius 2 is 1.90 bits per heavy atom. The number of Topliss-reactive ketones (excluding diaryl/α,β-unsaturated/α-hetero) is 1. The zero-order valence-corrected chi connectivity index (χ0v) is 19.1. The van der Waals surface area contributed by atoms with E-state index < -0.39 is 34.7 Å². The van der Waals surface area contributed by atoms with Gasteiger partial charge in [-0.15, -0.1) is 0 Å². The Kier molecular flexibility index (Phi) is 5.01. The lowest BCUT2D eigenvalue weighted by atomic mass is 9.66. The van der Waals surface area contributed by atoms with Crippen LogP contribution < -0.4 is 10.6 Å². The minimum Gasteiger partial charge on any atom is -0.368 e. The van der Waals surface area contributed by atoms with Crippen LogP contribution in [0.1, 0.15) is 37.8 Å². The van der Waals surface area contributed by atoms with E-state index in [9.17, 15) is 14.9 Å². The Balaban J connectivity index is 2.06. The molecule has 7 heteroatoms. The first-order chi connectivity index (χ1) is 14.6. The number of primary amides is 1. The van der Waals surface area contributed by atoms with Crippen molar-refractivity contribution in [3.05, 3.63) is 64.4 Å². The summed E-state index contributed by atoms with van der Waals surface area (Å²) in [4.78, 5) is 32.8. The maximum atomic E-state index is 13.9. The Bertz CT molecular complexity index is 1130. The maximum absolute atomic E-state index is 13.9. The number of nitriles is 1. The molecule has 1 fully saturated rings. The summed E-state index contributed by atoms with van der Waals surface area (Å²) in [5.74, 6) is -1.53. The average Bonchev–Trinajstić information content (AvgIpc) is 3.04. The first kappa shape index (κ1) is 21.3. The first-order valence-corrected chi connectivity index (χ1v) is 10.8. The number of carbonyl (C=O) groups is 2. The number of nitrogens with two attached hydrogens (primary N) is 1. The molecule has 4 atom stereocenters. The van der Waals surface area contributed by atoms with Crippen molar-refractivity contribution >= 4 is 39.4 Å². The number of nitrogens with zero attached hydrogens (tertiary/aromatic N) is 3. The van der Waals surface area contributed by atoms with Gasteiger partial charge in [-0.05, 0) is 41.5 Å². The van der Waals surface area contributed by atoms with Crippen molar-refractivity contribution in [1.82, 2.24) is 4.98 Å². The van der Waals surface area contributed by atoms with Crippen molar-refractivity contribution in [1.29, 1.82) is 5.26 Å². The highest BCUT2D eigenvalue weighted by Gasteiger charge is 2.66. The molecule has 0 saturated carbocycles. The summed E-state index contributed by atoms with van der Waals surface area (Å²) in [6.07, 6.45) is 6.93. The molecule has 31 heavy (non-hydrogen) atoms. The molecule has 1 aromatic heterocycles. The van der Waals surface area contributed by atoms with E-state index in [1.807, 2.05) is 56.0 Å². The van der Waals surface area contributed by atoms with Crippen LogP contribution in [0, 0.1) is 22.2 Å². The lowest BCUT2D eigenvalue weighted by Crippen LogP contribution is -2.49. The molecule has 0 radical (unpaired) electrons. The van der Waals surface area contributed by atoms with E-state index in [1.165, 1.54) is 0 Å². The monoisotopic (exact) mass is 478 g/mol. The third kappa shape index (κ3) is 3.09. The van der Waals surface area contributed by atoms with Crippen molar-refractivity contribution in [2.75, 3.05) is 4.90 Å². The molecule has 158 valence electrons. The summed E-state index contributed by atoms with van der Waals surface area (Å²) in [5, 5.41) is 10.4. The fourth-order valence-electron chi connectivity index (χ4n) is 4.85. The second-order valence-electron chi connectivity index (χ2n) is 9.08. The number of hydrogen-bond acceptors (Lipinski definition) is 5. The highest BCUT2D eigenvalue weighted by Crippen LogP contribution is 2.56. The van der Waals surface area contributed by atoms with Crippen molar-refractivity contribution in [3.8, 4) is 6.07 Å². The van der Waals surface area contributed by atoms with Crippen LogP contribution in [0.5, 0.6) is 0 Å². The molecule has 1 aromatic carbocycles. The smallest absolute Gasteiger partial charge is 0.241 e. The summed E-state index contributed by atoms with van der Waals surface area (Å²) < 4.78 is 0.902. The van der Waals surface area contributed by atoms with E-state index in [1.54, 1.807) is 24.5 Å². The van der Waals surface area contributed by atoms with Gasteiger partial charge in [-0.25, -0.2) is 0 Å². The number of aromatic nitrogens is 1. The lowest BCUT2D eigenvalue weighted by Gasteiger charge is -2.37. The van der Waals surface area contributed by atoms with Gasteiger partial charge in [0.15, 0.2) is 11.2 Å². The number of fused-ring (bicyclic) bond motifs is 3. The molecule has 4 rings (SSSR count). The van der Waals surface area contributed by atoms with Crippen molar-refractivity contribution in [2.45, 2.75) is 38.8 Å². The number of pyridine rings is 1. The first-order valence-electron chi connectivity index (χ1n) is 10.0. The Morgan fingerprint density at radius 3 is 2.48 bits per heavy atom. The van der Waals surface area contributed by atoms with Crippen molar-refractivity contribution < 1.29 is 9.59 Å². The van der Waals surface area contributed by atoms with E-state index in [0.29, 0.717) is 5.56 Å². The van der Waals surface area contributed by atoms with Crippen LogP contribution in [0.3, 0.4) is 0 Å². The molecule has 1 saturated heterocycles. The molecule has 0 unspecified atom stereocenters. The van der Waals surface area contributed by atoms with E-state index >= 15 is 0 Å². The van der Waals surface area contributed by atoms with Crippen LogP contribution in [0.4, 0.5) is 5.69 Å². The molecule has 2 N–H and O–H groups in total. The molecule has 0 aliphatic carbocycles. The second-order valence-corrected chi connectivity index (χ2v) is 9.99. The van der Waals surface area contributed by atoms with Gasteiger partial charge in [0.05, 0.1) is 18.2 Å². The van der Waals surface area contributed by atoms with E-state index in [4.69, 9.17) is 5.73 Å². The van der Waals surface area contributed by atoms with Crippen LogP contribution in [-0.4, -0.2) is 28.8 Å². The predicted molar refractivity (Wildman–Crippen MR) is 122 cm³/mol. The van der Waals surface area contributed by atoms with Gasteiger partial charge in [0.1, 0.15) is 0 Å². The summed E-state index contributed by atoms with van der Waals surface area (Å²) in [7, 11) is 0. The molecule has 2 aliphatic rings.